The third-order valence-corrected chi connectivity index (χ3v) is 3.77. The van der Waals surface area contributed by atoms with E-state index in [1.165, 1.54) is 0 Å². The van der Waals surface area contributed by atoms with E-state index in [0.29, 0.717) is 11.8 Å². The Kier molecular flexibility index (Phi) is 8.02. The van der Waals surface area contributed by atoms with Crippen molar-refractivity contribution in [2.24, 2.45) is 23.3 Å². The Labute approximate surface area is 121 Å². The molecular weight excluding hydrogens is 266 g/mol. The minimum absolute atomic E-state index is 0. The summed E-state index contributed by atoms with van der Waals surface area (Å²) in [6.07, 6.45) is 3.13. The number of likely N-dealkylation sites (tertiary alicyclic amines) is 1. The minimum atomic E-state index is -0.780. The fraction of sp³-hybridized carbons (Fsp3) is 0.846. The number of nitrogens with zero attached hydrogens (tertiary/aromatic N) is 1. The number of hydrogen-bond acceptors (Lipinski definition) is 3. The van der Waals surface area contributed by atoms with E-state index in [2.05, 4.69) is 13.8 Å². The van der Waals surface area contributed by atoms with Gasteiger partial charge in [-0.1, -0.05) is 13.8 Å². The molecule has 1 aliphatic heterocycles. The van der Waals surface area contributed by atoms with Crippen molar-refractivity contribution in [3.63, 3.8) is 0 Å². The Hall–Kier alpha value is -0.810. The van der Waals surface area contributed by atoms with Crippen LogP contribution >= 0.6 is 12.4 Å². The summed E-state index contributed by atoms with van der Waals surface area (Å²) in [6.45, 7) is 5.94. The van der Waals surface area contributed by atoms with Gasteiger partial charge in [-0.05, 0) is 31.1 Å². The third-order valence-electron chi connectivity index (χ3n) is 3.77. The number of rotatable bonds is 4. The van der Waals surface area contributed by atoms with E-state index < -0.39 is 11.9 Å². The second kappa shape index (κ2) is 8.38. The van der Waals surface area contributed by atoms with Crippen molar-refractivity contribution in [1.29, 1.82) is 0 Å². The first-order chi connectivity index (χ1) is 8.41. The number of carbonyl (C=O) groups is 2. The van der Waals surface area contributed by atoms with Crippen LogP contribution in [0.3, 0.4) is 0 Å². The van der Waals surface area contributed by atoms with Crippen molar-refractivity contribution in [2.75, 3.05) is 13.1 Å². The lowest BCUT2D eigenvalue weighted by Crippen LogP contribution is -2.46. The molecule has 112 valence electrons. The first-order valence-corrected chi connectivity index (χ1v) is 6.74. The molecule has 5 nitrogen and oxygen atoms in total. The topological polar surface area (TPSA) is 89.4 Å². The van der Waals surface area contributed by atoms with Gasteiger partial charge >= 0.3 is 0 Å². The molecule has 4 N–H and O–H groups in total. The van der Waals surface area contributed by atoms with Crippen molar-refractivity contribution in [2.45, 2.75) is 45.6 Å². The van der Waals surface area contributed by atoms with Crippen LogP contribution in [0.4, 0.5) is 0 Å². The minimum Gasteiger partial charge on any atom is -0.370 e. The zero-order valence-electron chi connectivity index (χ0n) is 11.8. The van der Waals surface area contributed by atoms with Gasteiger partial charge in [-0.15, -0.1) is 12.4 Å². The number of primary amides is 1. The lowest BCUT2D eigenvalue weighted by atomic mass is 9.89. The van der Waals surface area contributed by atoms with Crippen LogP contribution in [0.1, 0.15) is 39.5 Å². The van der Waals surface area contributed by atoms with E-state index >= 15 is 0 Å². The molecule has 0 aromatic rings. The van der Waals surface area contributed by atoms with Crippen LogP contribution < -0.4 is 11.5 Å². The zero-order valence-corrected chi connectivity index (χ0v) is 12.6. The highest BCUT2D eigenvalue weighted by Gasteiger charge is 2.26. The van der Waals surface area contributed by atoms with Crippen LogP contribution in [0.2, 0.25) is 0 Å². The van der Waals surface area contributed by atoms with E-state index in [-0.39, 0.29) is 24.7 Å². The van der Waals surface area contributed by atoms with Crippen LogP contribution in [0, 0.1) is 11.8 Å². The summed E-state index contributed by atoms with van der Waals surface area (Å²) in [5, 5.41) is 0. The fourth-order valence-corrected chi connectivity index (χ4v) is 2.55. The number of amides is 2. The van der Waals surface area contributed by atoms with Crippen LogP contribution in [0.15, 0.2) is 0 Å². The molecule has 1 fully saturated rings. The predicted octanol–water partition coefficient (Wildman–Crippen LogP) is 0.896. The Morgan fingerprint density at radius 2 is 1.89 bits per heavy atom. The molecule has 0 bridgehead atoms. The van der Waals surface area contributed by atoms with E-state index in [0.717, 1.165) is 32.4 Å². The van der Waals surface area contributed by atoms with Crippen molar-refractivity contribution in [3.8, 4) is 0 Å². The van der Waals surface area contributed by atoms with E-state index in [4.69, 9.17) is 11.5 Å². The first-order valence-electron chi connectivity index (χ1n) is 6.74. The third kappa shape index (κ3) is 5.78. The van der Waals surface area contributed by atoms with Gasteiger partial charge in [0.1, 0.15) is 0 Å². The summed E-state index contributed by atoms with van der Waals surface area (Å²) < 4.78 is 0. The lowest BCUT2D eigenvalue weighted by Gasteiger charge is -2.24. The molecule has 1 rings (SSSR count). The molecule has 19 heavy (non-hydrogen) atoms. The summed E-state index contributed by atoms with van der Waals surface area (Å²) >= 11 is 0. The van der Waals surface area contributed by atoms with Gasteiger partial charge in [-0.25, -0.2) is 0 Å². The maximum absolute atomic E-state index is 12.1. The summed E-state index contributed by atoms with van der Waals surface area (Å²) in [5.41, 5.74) is 10.8. The Balaban J connectivity index is 0.00000324. The SMILES string of the molecule is CC(C)C1CCCN(C(=O)C(N)CC(N)=O)CC1.Cl. The molecular formula is C13H26ClN3O2. The highest BCUT2D eigenvalue weighted by Crippen LogP contribution is 2.24. The Bertz CT molecular complexity index is 310. The number of hydrogen-bond donors (Lipinski definition) is 2. The van der Waals surface area contributed by atoms with Gasteiger partial charge in [0.15, 0.2) is 0 Å². The lowest BCUT2D eigenvalue weighted by molar-refractivity contribution is -0.134. The molecule has 0 radical (unpaired) electrons. The standard InChI is InChI=1S/C13H25N3O2.ClH/c1-9(2)10-4-3-6-16(7-5-10)13(18)11(14)8-12(15)17;/h9-11H,3-8,14H2,1-2H3,(H2,15,17);1H. The van der Waals surface area contributed by atoms with E-state index in [9.17, 15) is 9.59 Å². The maximum Gasteiger partial charge on any atom is 0.240 e. The smallest absolute Gasteiger partial charge is 0.240 e. The number of carbonyl (C=O) groups excluding carboxylic acids is 2. The summed E-state index contributed by atoms with van der Waals surface area (Å²) in [7, 11) is 0. The molecule has 0 spiro atoms. The number of halogens is 1. The summed E-state index contributed by atoms with van der Waals surface area (Å²) in [4.78, 5) is 24.6. The number of nitrogens with two attached hydrogens (primary N) is 2. The molecule has 1 heterocycles. The Morgan fingerprint density at radius 3 is 2.42 bits per heavy atom. The second-order valence-electron chi connectivity index (χ2n) is 5.54. The van der Waals surface area contributed by atoms with Crippen molar-refractivity contribution in [3.05, 3.63) is 0 Å². The van der Waals surface area contributed by atoms with Crippen molar-refractivity contribution >= 4 is 24.2 Å². The Morgan fingerprint density at radius 1 is 1.26 bits per heavy atom. The monoisotopic (exact) mass is 291 g/mol. The predicted molar refractivity (Wildman–Crippen MR) is 77.8 cm³/mol. The van der Waals surface area contributed by atoms with Gasteiger partial charge in [0.25, 0.3) is 0 Å². The average Bonchev–Trinajstić information content (AvgIpc) is 2.52. The van der Waals surface area contributed by atoms with Gasteiger partial charge in [0.05, 0.1) is 12.5 Å². The molecule has 0 aromatic carbocycles. The second-order valence-corrected chi connectivity index (χ2v) is 5.54. The molecule has 2 atom stereocenters. The molecule has 0 saturated carbocycles. The fourth-order valence-electron chi connectivity index (χ4n) is 2.55. The van der Waals surface area contributed by atoms with Gasteiger partial charge in [-0.2, -0.15) is 0 Å². The molecule has 1 aliphatic rings. The van der Waals surface area contributed by atoms with Crippen LogP contribution in [-0.2, 0) is 9.59 Å². The molecule has 6 heteroatoms. The van der Waals surface area contributed by atoms with Gasteiger partial charge in [0, 0.05) is 13.1 Å². The van der Waals surface area contributed by atoms with Crippen LogP contribution in [0.25, 0.3) is 0 Å². The maximum atomic E-state index is 12.1. The molecule has 2 unspecified atom stereocenters. The largest absolute Gasteiger partial charge is 0.370 e. The molecule has 1 saturated heterocycles. The van der Waals surface area contributed by atoms with E-state index in [1.54, 1.807) is 4.90 Å². The van der Waals surface area contributed by atoms with Crippen molar-refractivity contribution in [1.82, 2.24) is 4.90 Å². The zero-order chi connectivity index (χ0) is 13.7. The first kappa shape index (κ1) is 18.2. The normalized spacial score (nSPS) is 21.5. The summed E-state index contributed by atoms with van der Waals surface area (Å²) in [5.74, 6) is 0.665. The highest BCUT2D eigenvalue weighted by molar-refractivity contribution is 5.87. The average molecular weight is 292 g/mol. The van der Waals surface area contributed by atoms with E-state index in [1.807, 2.05) is 0 Å². The molecule has 0 aromatic heterocycles. The highest BCUT2D eigenvalue weighted by atomic mass is 35.5. The van der Waals surface area contributed by atoms with Crippen molar-refractivity contribution < 1.29 is 9.59 Å². The summed E-state index contributed by atoms with van der Waals surface area (Å²) in [6, 6.07) is -0.780. The molecule has 0 aliphatic carbocycles. The van der Waals surface area contributed by atoms with Gasteiger partial charge in [0.2, 0.25) is 11.8 Å². The van der Waals surface area contributed by atoms with Gasteiger partial charge < -0.3 is 16.4 Å². The van der Waals surface area contributed by atoms with Crippen LogP contribution in [-0.4, -0.2) is 35.8 Å². The molecule has 2 amide bonds. The van der Waals surface area contributed by atoms with Crippen LogP contribution in [0.5, 0.6) is 0 Å². The quantitative estimate of drug-likeness (QED) is 0.806. The van der Waals surface area contributed by atoms with Gasteiger partial charge in [-0.3, -0.25) is 9.59 Å².